The van der Waals surface area contributed by atoms with Crippen molar-refractivity contribution in [3.05, 3.63) is 41.4 Å². The second-order valence-corrected chi connectivity index (χ2v) is 5.73. The van der Waals surface area contributed by atoms with Crippen LogP contribution in [0.15, 0.2) is 35.7 Å². The van der Waals surface area contributed by atoms with Crippen LogP contribution in [0.3, 0.4) is 0 Å². The van der Waals surface area contributed by atoms with Gasteiger partial charge in [0.1, 0.15) is 5.01 Å². The fraction of sp³-hybridized carbons (Fsp3) is 0.333. The first kappa shape index (κ1) is 13.3. The van der Waals surface area contributed by atoms with Gasteiger partial charge in [0, 0.05) is 10.9 Å². The van der Waals surface area contributed by atoms with E-state index in [1.807, 2.05) is 35.7 Å². The van der Waals surface area contributed by atoms with Crippen molar-refractivity contribution in [1.29, 1.82) is 0 Å². The minimum Gasteiger partial charge on any atom is -0.349 e. The lowest BCUT2D eigenvalue weighted by molar-refractivity contribution is -0.122. The molecule has 1 amide bonds. The van der Waals surface area contributed by atoms with Crippen LogP contribution in [0.4, 0.5) is 0 Å². The van der Waals surface area contributed by atoms with Gasteiger partial charge in [-0.2, -0.15) is 0 Å². The summed E-state index contributed by atoms with van der Waals surface area (Å²) >= 11 is 1.61. The number of rotatable bonds is 4. The molecule has 2 N–H and O–H groups in total. The molecule has 0 unspecified atom stereocenters. The van der Waals surface area contributed by atoms with Crippen LogP contribution in [-0.2, 0) is 11.3 Å². The Bertz CT molecular complexity index is 576. The molecular weight excluding hydrogens is 270 g/mol. The summed E-state index contributed by atoms with van der Waals surface area (Å²) in [4.78, 5) is 16.5. The van der Waals surface area contributed by atoms with Crippen molar-refractivity contribution in [3.63, 3.8) is 0 Å². The van der Waals surface area contributed by atoms with Crippen molar-refractivity contribution in [2.24, 2.45) is 0 Å². The van der Waals surface area contributed by atoms with Crippen LogP contribution in [0.2, 0.25) is 0 Å². The highest BCUT2D eigenvalue weighted by Crippen LogP contribution is 2.23. The highest BCUT2D eigenvalue weighted by Gasteiger charge is 2.21. The van der Waals surface area contributed by atoms with Crippen LogP contribution in [-0.4, -0.2) is 23.5 Å². The number of amides is 1. The number of hydrogen-bond donors (Lipinski definition) is 2. The summed E-state index contributed by atoms with van der Waals surface area (Å²) in [6.07, 6.45) is 2.01. The maximum atomic E-state index is 11.9. The molecule has 1 aliphatic heterocycles. The number of nitrogens with zero attached hydrogens (tertiary/aromatic N) is 1. The number of thiazole rings is 1. The molecule has 5 heteroatoms. The third kappa shape index (κ3) is 3.05. The Labute approximate surface area is 122 Å². The van der Waals surface area contributed by atoms with Gasteiger partial charge >= 0.3 is 0 Å². The fourth-order valence-corrected chi connectivity index (χ4v) is 3.14. The van der Waals surface area contributed by atoms with Gasteiger partial charge in [0.2, 0.25) is 5.91 Å². The molecule has 1 aromatic heterocycles. The Kier molecular flexibility index (Phi) is 4.08. The summed E-state index contributed by atoms with van der Waals surface area (Å²) in [7, 11) is 0. The summed E-state index contributed by atoms with van der Waals surface area (Å²) < 4.78 is 0. The molecular formula is C15H17N3OS. The van der Waals surface area contributed by atoms with E-state index in [1.165, 1.54) is 0 Å². The molecule has 3 rings (SSSR count). The Balaban J connectivity index is 1.59. The van der Waals surface area contributed by atoms with E-state index < -0.39 is 0 Å². The van der Waals surface area contributed by atoms with Crippen LogP contribution >= 0.6 is 11.3 Å². The summed E-state index contributed by atoms with van der Waals surface area (Å²) in [6, 6.07) is 10.1. The molecule has 0 saturated carbocycles. The van der Waals surface area contributed by atoms with Gasteiger partial charge in [-0.15, -0.1) is 11.3 Å². The predicted octanol–water partition coefficient (Wildman–Crippen LogP) is 2.18. The van der Waals surface area contributed by atoms with Crippen molar-refractivity contribution >= 4 is 17.2 Å². The molecule has 1 saturated heterocycles. The zero-order valence-corrected chi connectivity index (χ0v) is 12.0. The summed E-state index contributed by atoms with van der Waals surface area (Å²) in [5.41, 5.74) is 2.03. The van der Waals surface area contributed by atoms with Crippen LogP contribution in [0, 0.1) is 0 Å². The number of nitrogens with one attached hydrogen (secondary N) is 2. The van der Waals surface area contributed by atoms with Gasteiger partial charge in [-0.1, -0.05) is 30.3 Å². The van der Waals surface area contributed by atoms with E-state index in [-0.39, 0.29) is 11.9 Å². The van der Waals surface area contributed by atoms with Crippen molar-refractivity contribution in [2.45, 2.75) is 25.4 Å². The lowest BCUT2D eigenvalue weighted by Crippen LogP contribution is -2.40. The summed E-state index contributed by atoms with van der Waals surface area (Å²) in [5, 5.41) is 9.14. The minimum atomic E-state index is -0.0257. The average molecular weight is 287 g/mol. The van der Waals surface area contributed by atoms with Gasteiger partial charge in [-0.25, -0.2) is 4.98 Å². The molecule has 104 valence electrons. The van der Waals surface area contributed by atoms with Gasteiger partial charge in [0.25, 0.3) is 0 Å². The third-order valence-electron chi connectivity index (χ3n) is 3.39. The van der Waals surface area contributed by atoms with E-state index in [2.05, 4.69) is 15.6 Å². The van der Waals surface area contributed by atoms with Crippen molar-refractivity contribution in [3.8, 4) is 10.6 Å². The zero-order chi connectivity index (χ0) is 13.8. The van der Waals surface area contributed by atoms with E-state index in [9.17, 15) is 4.79 Å². The molecule has 1 atom stereocenters. The van der Waals surface area contributed by atoms with Gasteiger partial charge in [0.05, 0.1) is 18.3 Å². The zero-order valence-electron chi connectivity index (χ0n) is 11.1. The lowest BCUT2D eigenvalue weighted by atomic mass is 10.2. The highest BCUT2D eigenvalue weighted by atomic mass is 32.1. The van der Waals surface area contributed by atoms with E-state index >= 15 is 0 Å². The molecule has 0 aliphatic carbocycles. The first-order valence-electron chi connectivity index (χ1n) is 6.84. The third-order valence-corrected chi connectivity index (χ3v) is 4.33. The molecule has 4 nitrogen and oxygen atoms in total. The predicted molar refractivity (Wildman–Crippen MR) is 80.4 cm³/mol. The Morgan fingerprint density at radius 1 is 1.40 bits per heavy atom. The molecule has 0 spiro atoms. The Morgan fingerprint density at radius 3 is 3.00 bits per heavy atom. The Hall–Kier alpha value is -1.72. The molecule has 20 heavy (non-hydrogen) atoms. The summed E-state index contributed by atoms with van der Waals surface area (Å²) in [6.45, 7) is 1.44. The Morgan fingerprint density at radius 2 is 2.25 bits per heavy atom. The largest absolute Gasteiger partial charge is 0.349 e. The van der Waals surface area contributed by atoms with Gasteiger partial charge in [-0.05, 0) is 19.4 Å². The molecule has 2 heterocycles. The van der Waals surface area contributed by atoms with Crippen LogP contribution in [0.1, 0.15) is 18.5 Å². The van der Waals surface area contributed by atoms with Crippen molar-refractivity contribution in [2.75, 3.05) is 6.54 Å². The maximum Gasteiger partial charge on any atom is 0.237 e. The monoisotopic (exact) mass is 287 g/mol. The van der Waals surface area contributed by atoms with Gasteiger partial charge < -0.3 is 10.6 Å². The molecule has 0 bridgehead atoms. The number of benzene rings is 1. The van der Waals surface area contributed by atoms with E-state index in [4.69, 9.17) is 0 Å². The molecule has 1 fully saturated rings. The summed E-state index contributed by atoms with van der Waals surface area (Å²) in [5.74, 6) is 0.0803. The average Bonchev–Trinajstić information content (AvgIpc) is 3.17. The smallest absolute Gasteiger partial charge is 0.237 e. The second-order valence-electron chi connectivity index (χ2n) is 4.88. The first-order valence-corrected chi connectivity index (χ1v) is 7.72. The van der Waals surface area contributed by atoms with Gasteiger partial charge in [-0.3, -0.25) is 4.79 Å². The number of hydrogen-bond acceptors (Lipinski definition) is 4. The molecule has 1 aromatic carbocycles. The quantitative estimate of drug-likeness (QED) is 0.906. The fourth-order valence-electron chi connectivity index (χ4n) is 2.31. The van der Waals surface area contributed by atoms with Crippen LogP contribution in [0.25, 0.3) is 10.6 Å². The van der Waals surface area contributed by atoms with Crippen LogP contribution < -0.4 is 10.6 Å². The van der Waals surface area contributed by atoms with Crippen LogP contribution in [0.5, 0.6) is 0 Å². The second kappa shape index (κ2) is 6.15. The molecule has 1 aliphatic rings. The van der Waals surface area contributed by atoms with Crippen molar-refractivity contribution < 1.29 is 4.79 Å². The van der Waals surface area contributed by atoms with E-state index in [0.717, 1.165) is 35.7 Å². The molecule has 0 radical (unpaired) electrons. The SMILES string of the molecule is O=C(NCc1csc(-c2ccccc2)n1)[C@@H]1CCCN1. The number of aromatic nitrogens is 1. The number of carbonyl (C=O) groups excluding carboxylic acids is 1. The normalized spacial score (nSPS) is 18.1. The van der Waals surface area contributed by atoms with E-state index in [1.54, 1.807) is 11.3 Å². The first-order chi connectivity index (χ1) is 9.83. The molecule has 2 aromatic rings. The maximum absolute atomic E-state index is 11.9. The van der Waals surface area contributed by atoms with E-state index in [0.29, 0.717) is 6.54 Å². The lowest BCUT2D eigenvalue weighted by Gasteiger charge is -2.09. The standard InChI is InChI=1S/C15H17N3OS/c19-14(13-7-4-8-16-13)17-9-12-10-20-15(18-12)11-5-2-1-3-6-11/h1-3,5-6,10,13,16H,4,7-9H2,(H,17,19)/t13-/m0/s1. The van der Waals surface area contributed by atoms with Crippen molar-refractivity contribution in [1.82, 2.24) is 15.6 Å². The van der Waals surface area contributed by atoms with Gasteiger partial charge in [0.15, 0.2) is 0 Å². The minimum absolute atomic E-state index is 0.0257. The number of carbonyl (C=O) groups is 1. The topological polar surface area (TPSA) is 54.0 Å². The highest BCUT2D eigenvalue weighted by molar-refractivity contribution is 7.13.